The predicted octanol–water partition coefficient (Wildman–Crippen LogP) is 7.99. The number of unbranched alkanes of at least 4 members (excludes halogenated alkanes) is 8. The molecule has 0 spiro atoms. The largest absolute Gasteiger partial charge is 0.394 e. The third-order valence-electron chi connectivity index (χ3n) is 9.26. The maximum absolute atomic E-state index is 12.8. The summed E-state index contributed by atoms with van der Waals surface area (Å²) in [5.74, 6) is -0.187. The van der Waals surface area contributed by atoms with Gasteiger partial charge in [0.15, 0.2) is 6.29 Å². The Morgan fingerprint density at radius 3 is 1.69 bits per heavy atom. The molecule has 0 aliphatic carbocycles. The van der Waals surface area contributed by atoms with Gasteiger partial charge in [-0.25, -0.2) is 0 Å². The molecule has 1 aliphatic heterocycles. The van der Waals surface area contributed by atoms with Gasteiger partial charge in [-0.15, -0.1) is 0 Å². The molecule has 1 heterocycles. The molecule has 0 radical (unpaired) electrons. The number of allylic oxidation sites excluding steroid dienone is 14. The number of rotatable bonds is 32. The second-order valence-electron chi connectivity index (χ2n) is 14.1. The Labute approximate surface area is 327 Å². The highest BCUT2D eigenvalue weighted by Crippen LogP contribution is 2.22. The third-order valence-corrected chi connectivity index (χ3v) is 9.26. The van der Waals surface area contributed by atoms with Crippen LogP contribution in [0.15, 0.2) is 85.1 Å². The van der Waals surface area contributed by atoms with Gasteiger partial charge in [0.2, 0.25) is 5.91 Å². The van der Waals surface area contributed by atoms with E-state index in [4.69, 9.17) is 9.47 Å². The fraction of sp³-hybridized carbons (Fsp3) is 0.667. The van der Waals surface area contributed by atoms with Crippen molar-refractivity contribution in [3.63, 3.8) is 0 Å². The zero-order valence-corrected chi connectivity index (χ0v) is 33.4. The minimum Gasteiger partial charge on any atom is -0.394 e. The average Bonchev–Trinajstić information content (AvgIpc) is 3.17. The van der Waals surface area contributed by atoms with E-state index in [0.29, 0.717) is 12.8 Å². The standard InChI is InChI=1S/C45H75NO8/c1-3-5-7-9-11-12-13-14-15-16-17-18-19-20-21-22-23-24-25-26-27-28-29-31-33-35-41(49)46-38(39(48)34-32-30-10-8-6-4-2)37-53-45-44(52)43(51)42(50)40(36-47)54-45/h5,7,11-12,14-15,17-18,20-21,23-24,26-27,38-40,42-45,47-48,50-52H,3-4,6,8-10,13,16,19,22,25,28-37H2,1-2H3,(H,46,49)/b7-5-,12-11-,15-14-,18-17-,21-20-,24-23-,27-26-. The van der Waals surface area contributed by atoms with Crippen LogP contribution in [0.25, 0.3) is 0 Å². The summed E-state index contributed by atoms with van der Waals surface area (Å²) in [6.45, 7) is 3.59. The number of nitrogens with one attached hydrogen (secondary N) is 1. The summed E-state index contributed by atoms with van der Waals surface area (Å²) in [6, 6.07) is -0.738. The molecular formula is C45H75NO8. The van der Waals surface area contributed by atoms with Crippen LogP contribution in [0, 0.1) is 0 Å². The third kappa shape index (κ3) is 25.4. The van der Waals surface area contributed by atoms with Crippen LogP contribution in [0.2, 0.25) is 0 Å². The van der Waals surface area contributed by atoms with Crippen molar-refractivity contribution in [2.24, 2.45) is 0 Å². The van der Waals surface area contributed by atoms with Crippen molar-refractivity contribution in [1.82, 2.24) is 5.32 Å². The van der Waals surface area contributed by atoms with E-state index in [1.165, 1.54) is 6.42 Å². The molecule has 0 aromatic rings. The second kappa shape index (κ2) is 34.8. The lowest BCUT2D eigenvalue weighted by Gasteiger charge is -2.40. The Morgan fingerprint density at radius 2 is 1.15 bits per heavy atom. The van der Waals surface area contributed by atoms with E-state index in [1.54, 1.807) is 0 Å². The Kier molecular flexibility index (Phi) is 31.9. The van der Waals surface area contributed by atoms with Crippen molar-refractivity contribution in [2.75, 3.05) is 13.2 Å². The zero-order chi connectivity index (χ0) is 39.5. The summed E-state index contributed by atoms with van der Waals surface area (Å²) in [4.78, 5) is 12.8. The minimum absolute atomic E-state index is 0.160. The smallest absolute Gasteiger partial charge is 0.220 e. The highest BCUT2D eigenvalue weighted by Gasteiger charge is 2.44. The van der Waals surface area contributed by atoms with Gasteiger partial charge < -0.3 is 40.3 Å². The Morgan fingerprint density at radius 1 is 0.648 bits per heavy atom. The summed E-state index contributed by atoms with van der Waals surface area (Å²) < 4.78 is 11.1. The Hall–Kier alpha value is -2.63. The molecular weight excluding hydrogens is 682 g/mol. The molecule has 1 fully saturated rings. The van der Waals surface area contributed by atoms with E-state index in [-0.39, 0.29) is 12.5 Å². The number of amides is 1. The molecule has 0 aromatic carbocycles. The van der Waals surface area contributed by atoms with Crippen LogP contribution >= 0.6 is 0 Å². The normalized spacial score (nSPS) is 22.4. The first-order chi connectivity index (χ1) is 26.3. The van der Waals surface area contributed by atoms with E-state index in [0.717, 1.165) is 103 Å². The van der Waals surface area contributed by atoms with Crippen LogP contribution in [0.3, 0.4) is 0 Å². The lowest BCUT2D eigenvalue weighted by atomic mass is 9.99. The van der Waals surface area contributed by atoms with Crippen LogP contribution in [0.5, 0.6) is 0 Å². The molecule has 0 bridgehead atoms. The molecule has 9 nitrogen and oxygen atoms in total. The Balaban J connectivity index is 2.29. The molecule has 0 saturated carbocycles. The summed E-state index contributed by atoms with van der Waals surface area (Å²) >= 11 is 0. The SMILES string of the molecule is CC/C=C\C/C=C\C/C=C\C/C=C\C/C=C\C/C=C\C/C=C\CCCCCC(=O)NC(COC1OC(CO)C(O)C(O)C1O)C(O)CCCCCCCC. The zero-order valence-electron chi connectivity index (χ0n) is 33.4. The Bertz CT molecular complexity index is 1110. The van der Waals surface area contributed by atoms with Crippen LogP contribution in [0.1, 0.15) is 136 Å². The molecule has 1 rings (SSSR count). The first-order valence-corrected chi connectivity index (χ1v) is 20.8. The number of carbonyl (C=O) groups excluding carboxylic acids is 1. The van der Waals surface area contributed by atoms with E-state index in [9.17, 15) is 30.3 Å². The maximum Gasteiger partial charge on any atom is 0.220 e. The second-order valence-corrected chi connectivity index (χ2v) is 14.1. The minimum atomic E-state index is -1.56. The number of aliphatic hydroxyl groups excluding tert-OH is 5. The number of carbonyl (C=O) groups is 1. The molecule has 7 atom stereocenters. The van der Waals surface area contributed by atoms with Crippen LogP contribution in [-0.4, -0.2) is 87.5 Å². The van der Waals surface area contributed by atoms with Crippen molar-refractivity contribution in [1.29, 1.82) is 0 Å². The molecule has 54 heavy (non-hydrogen) atoms. The first-order valence-electron chi connectivity index (χ1n) is 20.8. The van der Waals surface area contributed by atoms with Gasteiger partial charge in [-0.3, -0.25) is 4.79 Å². The van der Waals surface area contributed by atoms with Gasteiger partial charge in [-0.05, 0) is 70.6 Å². The van der Waals surface area contributed by atoms with Gasteiger partial charge in [0.25, 0.3) is 0 Å². The van der Waals surface area contributed by atoms with E-state index in [1.807, 2.05) is 0 Å². The quantitative estimate of drug-likeness (QED) is 0.0299. The number of hydrogen-bond acceptors (Lipinski definition) is 8. The van der Waals surface area contributed by atoms with Crippen LogP contribution in [0.4, 0.5) is 0 Å². The highest BCUT2D eigenvalue weighted by atomic mass is 16.7. The maximum atomic E-state index is 12.8. The van der Waals surface area contributed by atoms with Gasteiger partial charge in [0, 0.05) is 6.42 Å². The monoisotopic (exact) mass is 758 g/mol. The van der Waals surface area contributed by atoms with Gasteiger partial charge in [-0.2, -0.15) is 0 Å². The van der Waals surface area contributed by atoms with Crippen molar-refractivity contribution < 1.29 is 39.8 Å². The molecule has 1 aliphatic rings. The molecule has 9 heteroatoms. The van der Waals surface area contributed by atoms with Crippen LogP contribution in [-0.2, 0) is 14.3 Å². The number of aliphatic hydroxyl groups is 5. The molecule has 0 aromatic heterocycles. The number of hydrogen-bond donors (Lipinski definition) is 6. The predicted molar refractivity (Wildman–Crippen MR) is 221 cm³/mol. The fourth-order valence-corrected chi connectivity index (χ4v) is 5.90. The highest BCUT2D eigenvalue weighted by molar-refractivity contribution is 5.76. The molecule has 7 unspecified atom stereocenters. The van der Waals surface area contributed by atoms with Gasteiger partial charge in [0.05, 0.1) is 25.4 Å². The van der Waals surface area contributed by atoms with E-state index in [2.05, 4.69) is 104 Å². The summed E-state index contributed by atoms with van der Waals surface area (Å²) in [5.41, 5.74) is 0. The topological polar surface area (TPSA) is 149 Å². The molecule has 1 saturated heterocycles. The average molecular weight is 758 g/mol. The van der Waals surface area contributed by atoms with E-state index < -0.39 is 49.5 Å². The number of ether oxygens (including phenoxy) is 2. The van der Waals surface area contributed by atoms with Gasteiger partial charge in [-0.1, -0.05) is 144 Å². The van der Waals surface area contributed by atoms with Gasteiger partial charge in [0.1, 0.15) is 24.4 Å². The molecule has 308 valence electrons. The van der Waals surface area contributed by atoms with Crippen LogP contribution < -0.4 is 5.32 Å². The summed E-state index contributed by atoms with van der Waals surface area (Å²) in [7, 11) is 0. The van der Waals surface area contributed by atoms with Crippen molar-refractivity contribution in [3.8, 4) is 0 Å². The molecule has 6 N–H and O–H groups in total. The van der Waals surface area contributed by atoms with Crippen molar-refractivity contribution in [2.45, 2.75) is 179 Å². The fourth-order valence-electron chi connectivity index (χ4n) is 5.90. The lowest BCUT2D eigenvalue weighted by molar-refractivity contribution is -0.302. The van der Waals surface area contributed by atoms with Crippen molar-refractivity contribution >= 4 is 5.91 Å². The van der Waals surface area contributed by atoms with Crippen molar-refractivity contribution in [3.05, 3.63) is 85.1 Å². The van der Waals surface area contributed by atoms with E-state index >= 15 is 0 Å². The summed E-state index contributed by atoms with van der Waals surface area (Å²) in [5, 5.41) is 53.8. The van der Waals surface area contributed by atoms with Gasteiger partial charge >= 0.3 is 0 Å². The summed E-state index contributed by atoms with van der Waals surface area (Å²) in [6.07, 6.45) is 40.5. The molecule has 1 amide bonds. The lowest BCUT2D eigenvalue weighted by Crippen LogP contribution is -2.60. The first kappa shape index (κ1) is 49.4.